The molecule has 1 aromatic carbocycles. The van der Waals surface area contributed by atoms with Gasteiger partial charge in [0.2, 0.25) is 5.91 Å². The van der Waals surface area contributed by atoms with Crippen molar-refractivity contribution in [1.29, 1.82) is 0 Å². The fourth-order valence-electron chi connectivity index (χ4n) is 2.46. The van der Waals surface area contributed by atoms with Gasteiger partial charge in [-0.15, -0.1) is 0 Å². The van der Waals surface area contributed by atoms with Crippen LogP contribution >= 0.6 is 0 Å². The fraction of sp³-hybridized carbons (Fsp3) is 0.400. The summed E-state index contributed by atoms with van der Waals surface area (Å²) in [6, 6.07) is 8.70. The summed E-state index contributed by atoms with van der Waals surface area (Å²) >= 11 is 0. The second-order valence-corrected chi connectivity index (χ2v) is 5.30. The van der Waals surface area contributed by atoms with Gasteiger partial charge in [0.25, 0.3) is 0 Å². The van der Waals surface area contributed by atoms with E-state index in [0.29, 0.717) is 18.5 Å². The molecule has 112 valence electrons. The maximum atomic E-state index is 12.2. The zero-order valence-electron chi connectivity index (χ0n) is 11.9. The number of nitrogens with one attached hydrogen (secondary N) is 1. The van der Waals surface area contributed by atoms with Crippen LogP contribution < -0.4 is 11.1 Å². The van der Waals surface area contributed by atoms with E-state index in [4.69, 9.17) is 5.73 Å². The second kappa shape index (κ2) is 6.39. The first-order valence-corrected chi connectivity index (χ1v) is 6.95. The molecule has 0 aromatic heterocycles. The van der Waals surface area contributed by atoms with Crippen molar-refractivity contribution < 1.29 is 14.4 Å². The van der Waals surface area contributed by atoms with Gasteiger partial charge in [-0.2, -0.15) is 0 Å². The van der Waals surface area contributed by atoms with Gasteiger partial charge in [0.1, 0.15) is 0 Å². The van der Waals surface area contributed by atoms with Gasteiger partial charge < -0.3 is 16.0 Å². The molecule has 1 saturated heterocycles. The summed E-state index contributed by atoms with van der Waals surface area (Å²) in [5, 5.41) is 2.56. The number of likely N-dealkylation sites (tertiary alicyclic amines) is 1. The van der Waals surface area contributed by atoms with Crippen LogP contribution in [0.1, 0.15) is 19.8 Å². The Morgan fingerprint density at radius 1 is 1.19 bits per heavy atom. The molecule has 21 heavy (non-hydrogen) atoms. The predicted octanol–water partition coefficient (Wildman–Crippen LogP) is 0.737. The maximum absolute atomic E-state index is 12.2. The molecule has 2 atom stereocenters. The quantitative estimate of drug-likeness (QED) is 0.786. The summed E-state index contributed by atoms with van der Waals surface area (Å²) in [6.45, 7) is 2.07. The molecule has 0 spiro atoms. The number of primary amides is 1. The Morgan fingerprint density at radius 2 is 1.86 bits per heavy atom. The van der Waals surface area contributed by atoms with Crippen molar-refractivity contribution in [2.75, 3.05) is 11.9 Å². The smallest absolute Gasteiger partial charge is 0.313 e. The summed E-state index contributed by atoms with van der Waals surface area (Å²) in [6.07, 6.45) is 1.32. The molecule has 2 unspecified atom stereocenters. The van der Waals surface area contributed by atoms with E-state index in [2.05, 4.69) is 5.32 Å². The minimum atomic E-state index is -0.696. The molecule has 0 aliphatic carbocycles. The number of anilines is 1. The molecule has 1 fully saturated rings. The Bertz CT molecular complexity index is 544. The van der Waals surface area contributed by atoms with Gasteiger partial charge in [-0.3, -0.25) is 14.4 Å². The maximum Gasteiger partial charge on any atom is 0.313 e. The molecule has 3 N–H and O–H groups in total. The van der Waals surface area contributed by atoms with Crippen LogP contribution in [0.2, 0.25) is 0 Å². The number of para-hydroxylation sites is 1. The van der Waals surface area contributed by atoms with Crippen LogP contribution in [-0.2, 0) is 14.4 Å². The van der Waals surface area contributed by atoms with Crippen molar-refractivity contribution in [3.63, 3.8) is 0 Å². The molecule has 0 radical (unpaired) electrons. The summed E-state index contributed by atoms with van der Waals surface area (Å²) < 4.78 is 0. The minimum absolute atomic E-state index is 0.0744. The SMILES string of the molecule is CC1CCC(C(N)=O)CN1C(=O)C(=O)Nc1ccccc1. The van der Waals surface area contributed by atoms with Gasteiger partial charge in [-0.05, 0) is 31.9 Å². The Kier molecular flexibility index (Phi) is 4.57. The monoisotopic (exact) mass is 289 g/mol. The Balaban J connectivity index is 2.03. The molecule has 0 bridgehead atoms. The van der Waals surface area contributed by atoms with Gasteiger partial charge in [0.05, 0.1) is 5.92 Å². The number of rotatable bonds is 2. The predicted molar refractivity (Wildman–Crippen MR) is 78.2 cm³/mol. The summed E-state index contributed by atoms with van der Waals surface area (Å²) in [4.78, 5) is 37.0. The third-order valence-corrected chi connectivity index (χ3v) is 3.77. The zero-order valence-corrected chi connectivity index (χ0v) is 11.9. The lowest BCUT2D eigenvalue weighted by molar-refractivity contribution is -0.147. The molecule has 3 amide bonds. The normalized spacial score (nSPS) is 21.7. The lowest BCUT2D eigenvalue weighted by Crippen LogP contribution is -2.51. The van der Waals surface area contributed by atoms with Crippen LogP contribution in [0.5, 0.6) is 0 Å². The standard InChI is InChI=1S/C15H19N3O3/c1-10-7-8-11(13(16)19)9-18(10)15(21)14(20)17-12-5-3-2-4-6-12/h2-6,10-11H,7-9H2,1H3,(H2,16,19)(H,17,20). The van der Waals surface area contributed by atoms with E-state index in [9.17, 15) is 14.4 Å². The first-order chi connectivity index (χ1) is 9.99. The number of carbonyl (C=O) groups excluding carboxylic acids is 3. The van der Waals surface area contributed by atoms with Crippen molar-refractivity contribution >= 4 is 23.4 Å². The highest BCUT2D eigenvalue weighted by atomic mass is 16.2. The number of amides is 3. The minimum Gasteiger partial charge on any atom is -0.369 e. The highest BCUT2D eigenvalue weighted by Crippen LogP contribution is 2.22. The Morgan fingerprint density at radius 3 is 2.48 bits per heavy atom. The van der Waals surface area contributed by atoms with Crippen molar-refractivity contribution in [3.05, 3.63) is 30.3 Å². The average molecular weight is 289 g/mol. The number of benzene rings is 1. The van der Waals surface area contributed by atoms with Gasteiger partial charge >= 0.3 is 11.8 Å². The lowest BCUT2D eigenvalue weighted by atomic mass is 9.93. The van der Waals surface area contributed by atoms with Crippen molar-refractivity contribution in [3.8, 4) is 0 Å². The van der Waals surface area contributed by atoms with Gasteiger partial charge in [-0.1, -0.05) is 18.2 Å². The van der Waals surface area contributed by atoms with Crippen LogP contribution in [0.3, 0.4) is 0 Å². The van der Waals surface area contributed by atoms with E-state index in [-0.39, 0.29) is 18.5 Å². The number of carbonyl (C=O) groups is 3. The number of nitrogens with two attached hydrogens (primary N) is 1. The Hall–Kier alpha value is -2.37. The molecule has 2 rings (SSSR count). The van der Waals surface area contributed by atoms with E-state index < -0.39 is 17.7 Å². The molecule has 6 nitrogen and oxygen atoms in total. The van der Waals surface area contributed by atoms with Crippen LogP contribution in [0.15, 0.2) is 30.3 Å². The molecular weight excluding hydrogens is 270 g/mol. The number of hydrogen-bond acceptors (Lipinski definition) is 3. The molecule has 6 heteroatoms. The summed E-state index contributed by atoms with van der Waals surface area (Å²) in [7, 11) is 0. The van der Waals surface area contributed by atoms with Crippen LogP contribution in [-0.4, -0.2) is 35.2 Å². The van der Waals surface area contributed by atoms with Crippen molar-refractivity contribution in [1.82, 2.24) is 4.90 Å². The first kappa shape index (κ1) is 15.0. The summed E-state index contributed by atoms with van der Waals surface area (Å²) in [5.74, 6) is -2.13. The Labute approximate surface area is 123 Å². The lowest BCUT2D eigenvalue weighted by Gasteiger charge is -2.36. The van der Waals surface area contributed by atoms with E-state index in [1.165, 1.54) is 4.90 Å². The van der Waals surface area contributed by atoms with Crippen LogP contribution in [0.25, 0.3) is 0 Å². The largest absolute Gasteiger partial charge is 0.369 e. The van der Waals surface area contributed by atoms with E-state index >= 15 is 0 Å². The highest BCUT2D eigenvalue weighted by molar-refractivity contribution is 6.39. The van der Waals surface area contributed by atoms with Crippen molar-refractivity contribution in [2.45, 2.75) is 25.8 Å². The topological polar surface area (TPSA) is 92.5 Å². The van der Waals surface area contributed by atoms with E-state index in [0.717, 1.165) is 0 Å². The van der Waals surface area contributed by atoms with Crippen LogP contribution in [0, 0.1) is 5.92 Å². The zero-order chi connectivity index (χ0) is 15.4. The molecule has 1 aromatic rings. The van der Waals surface area contributed by atoms with Crippen molar-refractivity contribution in [2.24, 2.45) is 11.7 Å². The average Bonchev–Trinajstić information content (AvgIpc) is 2.47. The number of piperidine rings is 1. The van der Waals surface area contributed by atoms with E-state index in [1.807, 2.05) is 13.0 Å². The third-order valence-electron chi connectivity index (χ3n) is 3.77. The molecule has 0 saturated carbocycles. The van der Waals surface area contributed by atoms with Crippen LogP contribution in [0.4, 0.5) is 5.69 Å². The summed E-state index contributed by atoms with van der Waals surface area (Å²) in [5.41, 5.74) is 5.86. The first-order valence-electron chi connectivity index (χ1n) is 6.95. The number of hydrogen-bond donors (Lipinski definition) is 2. The molecule has 1 heterocycles. The molecule has 1 aliphatic rings. The number of nitrogens with zero attached hydrogens (tertiary/aromatic N) is 1. The third kappa shape index (κ3) is 3.59. The van der Waals surface area contributed by atoms with Gasteiger partial charge in [-0.25, -0.2) is 0 Å². The van der Waals surface area contributed by atoms with Gasteiger partial charge in [0, 0.05) is 18.3 Å². The van der Waals surface area contributed by atoms with E-state index in [1.54, 1.807) is 24.3 Å². The molecular formula is C15H19N3O3. The highest BCUT2D eigenvalue weighted by Gasteiger charge is 2.34. The fourth-order valence-corrected chi connectivity index (χ4v) is 2.46. The molecule has 1 aliphatic heterocycles. The van der Waals surface area contributed by atoms with Gasteiger partial charge in [0.15, 0.2) is 0 Å². The second-order valence-electron chi connectivity index (χ2n) is 5.30.